The molecule has 0 saturated heterocycles. The first kappa shape index (κ1) is 26.8. The molecule has 0 aliphatic carbocycles. The van der Waals surface area contributed by atoms with Gasteiger partial charge in [-0.1, -0.05) is 25.7 Å². The van der Waals surface area contributed by atoms with E-state index >= 15 is 0 Å². The lowest BCUT2D eigenvalue weighted by Crippen LogP contribution is -2.22. The van der Waals surface area contributed by atoms with Crippen LogP contribution in [0.2, 0.25) is 25.7 Å². The van der Waals surface area contributed by atoms with E-state index in [0.717, 1.165) is 12.1 Å². The van der Waals surface area contributed by atoms with Gasteiger partial charge in [0.2, 0.25) is 0 Å². The van der Waals surface area contributed by atoms with Crippen LogP contribution in [0, 0.1) is 38.9 Å². The van der Waals surface area contributed by atoms with Crippen LogP contribution in [0.4, 0.5) is 18.9 Å². The summed E-state index contributed by atoms with van der Waals surface area (Å²) in [6, 6.07) is 9.21. The molecule has 2 heterocycles. The van der Waals surface area contributed by atoms with Gasteiger partial charge >= 0.3 is 0 Å². The largest absolute Gasteiger partial charge is 0.450 e. The zero-order valence-corrected chi connectivity index (χ0v) is 21.8. The van der Waals surface area contributed by atoms with E-state index in [1.165, 1.54) is 24.4 Å². The molecule has 0 aliphatic rings. The smallest absolute Gasteiger partial charge is 0.275 e. The third kappa shape index (κ3) is 5.69. The quantitative estimate of drug-likeness (QED) is 0.0980. The molecule has 0 atom stereocenters. The number of nitrogens with zero attached hydrogens (tertiary/aromatic N) is 4. The maximum absolute atomic E-state index is 14.6. The molecule has 0 aliphatic heterocycles. The van der Waals surface area contributed by atoms with Crippen molar-refractivity contribution in [3.8, 4) is 28.7 Å². The van der Waals surface area contributed by atoms with Crippen molar-refractivity contribution < 1.29 is 27.6 Å². The summed E-state index contributed by atoms with van der Waals surface area (Å²) in [7, 11) is -1.34. The summed E-state index contributed by atoms with van der Waals surface area (Å²) in [6.07, 6.45) is 3.06. The molecule has 4 rings (SSSR count). The molecular weight excluding hydrogens is 517 g/mol. The summed E-state index contributed by atoms with van der Waals surface area (Å²) >= 11 is 0. The van der Waals surface area contributed by atoms with Gasteiger partial charge in [0, 0.05) is 32.6 Å². The minimum atomic E-state index is -1.34. The lowest BCUT2D eigenvalue weighted by Gasteiger charge is -2.15. The molecule has 196 valence electrons. The second-order valence-corrected chi connectivity index (χ2v) is 15.4. The summed E-state index contributed by atoms with van der Waals surface area (Å²) in [5.41, 5.74) is 0.307. The molecular formula is C26H23F3N4O4Si. The molecule has 0 bridgehead atoms. The van der Waals surface area contributed by atoms with Crippen LogP contribution in [0.15, 0.2) is 48.8 Å². The van der Waals surface area contributed by atoms with Crippen molar-refractivity contribution in [1.82, 2.24) is 9.55 Å². The lowest BCUT2D eigenvalue weighted by molar-refractivity contribution is -0.385. The number of fused-ring (bicyclic) bond motifs is 1. The molecule has 2 aromatic carbocycles. The molecule has 0 saturated carbocycles. The van der Waals surface area contributed by atoms with E-state index in [0.29, 0.717) is 40.9 Å². The van der Waals surface area contributed by atoms with Crippen LogP contribution < -0.4 is 4.74 Å². The van der Waals surface area contributed by atoms with Gasteiger partial charge in [-0.3, -0.25) is 10.1 Å². The van der Waals surface area contributed by atoms with Gasteiger partial charge in [0.25, 0.3) is 5.69 Å². The van der Waals surface area contributed by atoms with E-state index in [2.05, 4.69) is 24.6 Å². The van der Waals surface area contributed by atoms with Gasteiger partial charge in [-0.2, -0.15) is 5.26 Å². The zero-order chi connectivity index (χ0) is 27.6. The predicted molar refractivity (Wildman–Crippen MR) is 137 cm³/mol. The van der Waals surface area contributed by atoms with Crippen LogP contribution in [0.5, 0.6) is 11.5 Å². The SMILES string of the molecule is C[Si](C)(C)CCOCn1cc(-c2ccc(F)c(C#N)c2)c2c(Oc3c(F)cc([N+](=O)[O-])cc3F)ccnc21. The molecule has 12 heteroatoms. The third-order valence-corrected chi connectivity index (χ3v) is 7.45. The topological polar surface area (TPSA) is 103 Å². The Balaban J connectivity index is 1.83. The molecule has 8 nitrogen and oxygen atoms in total. The van der Waals surface area contributed by atoms with E-state index in [4.69, 9.17) is 9.47 Å². The van der Waals surface area contributed by atoms with E-state index in [9.17, 15) is 28.5 Å². The number of nitro benzene ring substituents is 1. The van der Waals surface area contributed by atoms with Crippen LogP contribution in [0.3, 0.4) is 0 Å². The van der Waals surface area contributed by atoms with Crippen molar-refractivity contribution >= 4 is 24.8 Å². The van der Waals surface area contributed by atoms with E-state index in [-0.39, 0.29) is 18.0 Å². The first-order valence-corrected chi connectivity index (χ1v) is 15.3. The van der Waals surface area contributed by atoms with Crippen LogP contribution in [0.25, 0.3) is 22.2 Å². The summed E-state index contributed by atoms with van der Waals surface area (Å²) in [5, 5.41) is 20.6. The lowest BCUT2D eigenvalue weighted by atomic mass is 10.0. The Morgan fingerprint density at radius 3 is 2.45 bits per heavy atom. The summed E-state index contributed by atoms with van der Waals surface area (Å²) in [4.78, 5) is 14.4. The number of nitriles is 1. The minimum Gasteiger partial charge on any atom is -0.450 e. The fraction of sp³-hybridized carbons (Fsp3) is 0.231. The monoisotopic (exact) mass is 540 g/mol. The predicted octanol–water partition coefficient (Wildman–Crippen LogP) is 7.01. The van der Waals surface area contributed by atoms with E-state index in [1.54, 1.807) is 16.8 Å². The summed E-state index contributed by atoms with van der Waals surface area (Å²) < 4.78 is 56.5. The van der Waals surface area contributed by atoms with E-state index in [1.807, 2.05) is 0 Å². The Morgan fingerprint density at radius 2 is 1.82 bits per heavy atom. The second-order valence-electron chi connectivity index (χ2n) is 9.77. The number of nitro groups is 1. The maximum Gasteiger partial charge on any atom is 0.275 e. The first-order chi connectivity index (χ1) is 18.0. The van der Waals surface area contributed by atoms with Gasteiger partial charge in [-0.15, -0.1) is 0 Å². The molecule has 0 radical (unpaired) electrons. The summed E-state index contributed by atoms with van der Waals surface area (Å²) in [6.45, 7) is 7.31. The molecule has 38 heavy (non-hydrogen) atoms. The number of hydrogen-bond donors (Lipinski definition) is 0. The number of hydrogen-bond acceptors (Lipinski definition) is 6. The number of halogens is 3. The molecule has 0 amide bonds. The number of ether oxygens (including phenoxy) is 2. The molecule has 4 aromatic rings. The van der Waals surface area contributed by atoms with Gasteiger partial charge in [-0.05, 0) is 29.8 Å². The van der Waals surface area contributed by atoms with Crippen molar-refractivity contribution in [3.63, 3.8) is 0 Å². The van der Waals surface area contributed by atoms with Crippen molar-refractivity contribution in [2.45, 2.75) is 32.4 Å². The van der Waals surface area contributed by atoms with Gasteiger partial charge in [0.15, 0.2) is 17.4 Å². The van der Waals surface area contributed by atoms with Crippen molar-refractivity contribution in [2.75, 3.05) is 6.61 Å². The van der Waals surface area contributed by atoms with Crippen molar-refractivity contribution in [1.29, 1.82) is 5.26 Å². The van der Waals surface area contributed by atoms with Crippen molar-refractivity contribution in [2.24, 2.45) is 0 Å². The Kier molecular flexibility index (Phi) is 7.52. The molecule has 0 N–H and O–H groups in total. The number of benzene rings is 2. The first-order valence-electron chi connectivity index (χ1n) is 11.6. The van der Waals surface area contributed by atoms with Gasteiger partial charge < -0.3 is 14.0 Å². The standard InChI is InChI=1S/C26H23F3N4O4Si/c1-38(2,3)9-8-36-15-32-14-19(16-4-5-20(27)17(10-16)13-30)24-23(6-7-31-26(24)32)37-25-21(28)11-18(33(34)35)12-22(25)29/h4-7,10-12,14H,8-9,15H2,1-3H3. The highest BCUT2D eigenvalue weighted by Crippen LogP contribution is 2.40. The van der Waals surface area contributed by atoms with Crippen LogP contribution >= 0.6 is 0 Å². The fourth-order valence-corrected chi connectivity index (χ4v) is 4.52. The number of aromatic nitrogens is 2. The highest BCUT2D eigenvalue weighted by molar-refractivity contribution is 6.76. The van der Waals surface area contributed by atoms with E-state index < -0.39 is 41.9 Å². The van der Waals surface area contributed by atoms with Crippen molar-refractivity contribution in [3.05, 3.63) is 81.9 Å². The number of pyridine rings is 1. The maximum atomic E-state index is 14.6. The number of non-ortho nitro benzene ring substituents is 1. The Bertz CT molecular complexity index is 1550. The van der Waals surface area contributed by atoms with Gasteiger partial charge in [0.05, 0.1) is 28.0 Å². The van der Waals surface area contributed by atoms with Crippen LogP contribution in [0.1, 0.15) is 5.56 Å². The second kappa shape index (κ2) is 10.6. The Labute approximate surface area is 217 Å². The van der Waals surface area contributed by atoms with Crippen LogP contribution in [-0.4, -0.2) is 29.2 Å². The summed E-state index contributed by atoms with van der Waals surface area (Å²) in [5.74, 6) is -4.04. The average molecular weight is 541 g/mol. The van der Waals surface area contributed by atoms with Gasteiger partial charge in [0.1, 0.15) is 30.0 Å². The highest BCUT2D eigenvalue weighted by atomic mass is 28.3. The molecule has 0 fully saturated rings. The molecule has 2 aromatic heterocycles. The minimum absolute atomic E-state index is 0.000310. The van der Waals surface area contributed by atoms with Crippen LogP contribution in [-0.2, 0) is 11.5 Å². The molecule has 0 unspecified atom stereocenters. The fourth-order valence-electron chi connectivity index (χ4n) is 3.77. The van der Waals surface area contributed by atoms with Gasteiger partial charge in [-0.25, -0.2) is 18.2 Å². The molecule has 0 spiro atoms. The Hall–Kier alpha value is -4.21. The highest BCUT2D eigenvalue weighted by Gasteiger charge is 2.23. The normalized spacial score (nSPS) is 11.5. The zero-order valence-electron chi connectivity index (χ0n) is 20.8. The number of rotatable bonds is 9. The average Bonchev–Trinajstić information content (AvgIpc) is 3.23. The third-order valence-electron chi connectivity index (χ3n) is 5.75. The Morgan fingerprint density at radius 1 is 1.11 bits per heavy atom.